The normalized spacial score (nSPS) is 13.2. The van der Waals surface area contributed by atoms with Gasteiger partial charge in [-0.1, -0.05) is 42.5 Å². The van der Waals surface area contributed by atoms with E-state index in [1.54, 1.807) is 19.2 Å². The number of hydrogen-bond donors (Lipinski definition) is 1. The van der Waals surface area contributed by atoms with E-state index in [1.165, 1.54) is 4.90 Å². The lowest BCUT2D eigenvalue weighted by atomic mass is 9.94. The van der Waals surface area contributed by atoms with Gasteiger partial charge in [0.05, 0.1) is 7.11 Å². The molecule has 0 saturated carbocycles. The van der Waals surface area contributed by atoms with Crippen LogP contribution >= 0.6 is 0 Å². The Hall–Kier alpha value is -3.18. The Bertz CT molecular complexity index is 994. The van der Waals surface area contributed by atoms with Gasteiger partial charge in [0.25, 0.3) is 11.8 Å². The monoisotopic (exact) mass is 374 g/mol. The maximum absolute atomic E-state index is 12.9. The number of ether oxygens (including phenoxy) is 1. The highest BCUT2D eigenvalue weighted by Crippen LogP contribution is 2.29. The minimum atomic E-state index is -0.209. The number of hydrogen-bond acceptors (Lipinski definition) is 4. The van der Waals surface area contributed by atoms with Gasteiger partial charge in [-0.3, -0.25) is 14.5 Å². The molecule has 28 heavy (non-hydrogen) atoms. The summed E-state index contributed by atoms with van der Waals surface area (Å²) in [6, 6.07) is 19.0. The average Bonchev–Trinajstić information content (AvgIpc) is 2.74. The molecule has 0 unspecified atom stereocenters. The van der Waals surface area contributed by atoms with Crippen molar-refractivity contribution in [1.29, 1.82) is 0 Å². The lowest BCUT2D eigenvalue weighted by Gasteiger charge is -2.27. The zero-order chi connectivity index (χ0) is 19.5. The standard InChI is InChI=1S/C23H22N2O3/c1-28-20-12-3-2-7-17(20)15-24-13-6-14-25-22(26)18-10-4-8-16-9-5-11-19(21(16)18)23(25)27/h2-5,7-12,24H,6,13-15H2,1H3. The molecule has 142 valence electrons. The van der Waals surface area contributed by atoms with Gasteiger partial charge in [0, 0.05) is 35.2 Å². The molecule has 1 aliphatic heterocycles. The molecular weight excluding hydrogens is 352 g/mol. The van der Waals surface area contributed by atoms with Gasteiger partial charge < -0.3 is 10.1 Å². The first-order valence-corrected chi connectivity index (χ1v) is 9.41. The fourth-order valence-electron chi connectivity index (χ4n) is 3.72. The summed E-state index contributed by atoms with van der Waals surface area (Å²) in [6.45, 7) is 1.76. The van der Waals surface area contributed by atoms with Crippen LogP contribution in [0.3, 0.4) is 0 Å². The van der Waals surface area contributed by atoms with E-state index < -0.39 is 0 Å². The average molecular weight is 374 g/mol. The molecule has 0 radical (unpaired) electrons. The van der Waals surface area contributed by atoms with Gasteiger partial charge >= 0.3 is 0 Å². The summed E-state index contributed by atoms with van der Waals surface area (Å²) >= 11 is 0. The zero-order valence-corrected chi connectivity index (χ0v) is 15.8. The highest BCUT2D eigenvalue weighted by Gasteiger charge is 2.31. The Kier molecular flexibility index (Phi) is 5.08. The summed E-state index contributed by atoms with van der Waals surface area (Å²) in [7, 11) is 1.66. The first-order chi connectivity index (χ1) is 13.7. The van der Waals surface area contributed by atoms with Crippen molar-refractivity contribution in [2.45, 2.75) is 13.0 Å². The second-order valence-corrected chi connectivity index (χ2v) is 6.81. The molecule has 0 spiro atoms. The maximum Gasteiger partial charge on any atom is 0.261 e. The van der Waals surface area contributed by atoms with Crippen molar-refractivity contribution in [2.75, 3.05) is 20.2 Å². The number of nitrogens with zero attached hydrogens (tertiary/aromatic N) is 1. The van der Waals surface area contributed by atoms with Crippen LogP contribution in [0.25, 0.3) is 10.8 Å². The van der Waals surface area contributed by atoms with Crippen molar-refractivity contribution in [3.05, 3.63) is 77.4 Å². The molecule has 4 rings (SSSR count). The first-order valence-electron chi connectivity index (χ1n) is 9.41. The Morgan fingerprint density at radius 1 is 0.893 bits per heavy atom. The van der Waals surface area contributed by atoms with Gasteiger partial charge in [0.15, 0.2) is 0 Å². The molecule has 0 fully saturated rings. The van der Waals surface area contributed by atoms with Gasteiger partial charge in [-0.05, 0) is 36.6 Å². The van der Waals surface area contributed by atoms with E-state index in [9.17, 15) is 9.59 Å². The van der Waals surface area contributed by atoms with E-state index in [0.29, 0.717) is 37.2 Å². The summed E-state index contributed by atoms with van der Waals surface area (Å²) in [5.41, 5.74) is 2.29. The molecule has 3 aromatic carbocycles. The molecule has 0 aliphatic carbocycles. The van der Waals surface area contributed by atoms with Gasteiger partial charge in [0.2, 0.25) is 0 Å². The summed E-state index contributed by atoms with van der Waals surface area (Å²) in [4.78, 5) is 27.1. The third kappa shape index (κ3) is 3.25. The number of nitrogens with one attached hydrogen (secondary N) is 1. The molecule has 0 aromatic heterocycles. The summed E-state index contributed by atoms with van der Waals surface area (Å²) in [5.74, 6) is 0.430. The van der Waals surface area contributed by atoms with Crippen LogP contribution in [0.2, 0.25) is 0 Å². The van der Waals surface area contributed by atoms with Crippen LogP contribution < -0.4 is 10.1 Å². The molecule has 1 N–H and O–H groups in total. The smallest absolute Gasteiger partial charge is 0.261 e. The number of methoxy groups -OCH3 is 1. The second kappa shape index (κ2) is 7.82. The fraction of sp³-hybridized carbons (Fsp3) is 0.217. The highest BCUT2D eigenvalue weighted by atomic mass is 16.5. The third-order valence-corrected chi connectivity index (χ3v) is 5.10. The molecule has 5 nitrogen and oxygen atoms in total. The van der Waals surface area contributed by atoms with Crippen LogP contribution in [0.1, 0.15) is 32.7 Å². The van der Waals surface area contributed by atoms with E-state index in [1.807, 2.05) is 48.5 Å². The summed E-state index contributed by atoms with van der Waals surface area (Å²) in [5, 5.41) is 5.05. The van der Waals surface area contributed by atoms with E-state index >= 15 is 0 Å². The Labute approximate surface area is 163 Å². The number of imide groups is 1. The van der Waals surface area contributed by atoms with Gasteiger partial charge in [-0.25, -0.2) is 0 Å². The number of carbonyl (C=O) groups excluding carboxylic acids is 2. The fourth-order valence-corrected chi connectivity index (χ4v) is 3.72. The van der Waals surface area contributed by atoms with E-state index in [0.717, 1.165) is 22.1 Å². The topological polar surface area (TPSA) is 58.6 Å². The largest absolute Gasteiger partial charge is 0.496 e. The van der Waals surface area contributed by atoms with Crippen molar-refractivity contribution in [1.82, 2.24) is 10.2 Å². The van der Waals surface area contributed by atoms with Gasteiger partial charge in [0.1, 0.15) is 5.75 Å². The van der Waals surface area contributed by atoms with Gasteiger partial charge in [-0.2, -0.15) is 0 Å². The molecule has 1 aliphatic rings. The van der Waals surface area contributed by atoms with Gasteiger partial charge in [-0.15, -0.1) is 0 Å². The van der Waals surface area contributed by atoms with E-state index in [4.69, 9.17) is 4.74 Å². The van der Waals surface area contributed by atoms with E-state index in [2.05, 4.69) is 5.32 Å². The number of benzene rings is 3. The lowest BCUT2D eigenvalue weighted by Crippen LogP contribution is -2.41. The number of amides is 2. The van der Waals surface area contributed by atoms with Crippen LogP contribution in [0.15, 0.2) is 60.7 Å². The maximum atomic E-state index is 12.9. The van der Waals surface area contributed by atoms with Crippen LogP contribution in [-0.4, -0.2) is 36.9 Å². The number of carbonyl (C=O) groups is 2. The van der Waals surface area contributed by atoms with Crippen LogP contribution in [0, 0.1) is 0 Å². The number of para-hydroxylation sites is 1. The molecule has 0 bridgehead atoms. The highest BCUT2D eigenvalue weighted by molar-refractivity contribution is 6.25. The minimum Gasteiger partial charge on any atom is -0.496 e. The van der Waals surface area contributed by atoms with Crippen molar-refractivity contribution in [3.63, 3.8) is 0 Å². The Balaban J connectivity index is 1.39. The Morgan fingerprint density at radius 3 is 2.25 bits per heavy atom. The molecule has 0 saturated heterocycles. The number of rotatable bonds is 7. The Morgan fingerprint density at radius 2 is 1.57 bits per heavy atom. The second-order valence-electron chi connectivity index (χ2n) is 6.81. The van der Waals surface area contributed by atoms with Crippen LogP contribution in [-0.2, 0) is 6.54 Å². The predicted molar refractivity (Wildman–Crippen MR) is 109 cm³/mol. The summed E-state index contributed by atoms with van der Waals surface area (Å²) in [6.07, 6.45) is 0.685. The van der Waals surface area contributed by atoms with Crippen molar-refractivity contribution < 1.29 is 14.3 Å². The minimum absolute atomic E-state index is 0.209. The van der Waals surface area contributed by atoms with Crippen molar-refractivity contribution in [3.8, 4) is 5.75 Å². The lowest BCUT2D eigenvalue weighted by molar-refractivity contribution is 0.0609. The summed E-state index contributed by atoms with van der Waals surface area (Å²) < 4.78 is 5.35. The molecule has 5 heteroatoms. The van der Waals surface area contributed by atoms with Crippen molar-refractivity contribution in [2.24, 2.45) is 0 Å². The third-order valence-electron chi connectivity index (χ3n) is 5.10. The van der Waals surface area contributed by atoms with E-state index in [-0.39, 0.29) is 11.8 Å². The zero-order valence-electron chi connectivity index (χ0n) is 15.8. The molecular formula is C23H22N2O3. The molecule has 0 atom stereocenters. The van der Waals surface area contributed by atoms with Crippen LogP contribution in [0.4, 0.5) is 0 Å². The van der Waals surface area contributed by atoms with Crippen LogP contribution in [0.5, 0.6) is 5.75 Å². The quantitative estimate of drug-likeness (QED) is 0.507. The molecule has 3 aromatic rings. The first kappa shape index (κ1) is 18.2. The SMILES string of the molecule is COc1ccccc1CNCCCN1C(=O)c2cccc3cccc(c23)C1=O. The van der Waals surface area contributed by atoms with Crippen molar-refractivity contribution >= 4 is 22.6 Å². The predicted octanol–water partition coefficient (Wildman–Crippen LogP) is 3.62. The molecule has 1 heterocycles. The molecule has 2 amide bonds.